The van der Waals surface area contributed by atoms with E-state index in [0.29, 0.717) is 10.0 Å². The van der Waals surface area contributed by atoms with Crippen LogP contribution in [0.15, 0.2) is 18.2 Å². The first kappa shape index (κ1) is 13.7. The van der Waals surface area contributed by atoms with E-state index in [2.05, 4.69) is 24.1 Å². The van der Waals surface area contributed by atoms with Crippen molar-refractivity contribution in [3.05, 3.63) is 43.8 Å². The van der Waals surface area contributed by atoms with Gasteiger partial charge in [0.05, 0.1) is 16.7 Å². The number of aromatic nitrogens is 1. The third-order valence-electron chi connectivity index (χ3n) is 2.60. The van der Waals surface area contributed by atoms with E-state index in [4.69, 9.17) is 23.2 Å². The Morgan fingerprint density at radius 2 is 1.78 bits per heavy atom. The lowest BCUT2D eigenvalue weighted by Crippen LogP contribution is -2.08. The molecule has 2 rings (SSSR count). The molecule has 1 heterocycles. The van der Waals surface area contributed by atoms with Crippen molar-refractivity contribution in [2.75, 3.05) is 5.32 Å². The number of hydrogen-bond acceptors (Lipinski definition) is 3. The highest BCUT2D eigenvalue weighted by Crippen LogP contribution is 2.28. The number of rotatable bonds is 3. The normalized spacial score (nSPS) is 12.5. The number of thiazole rings is 1. The number of nitrogens with one attached hydrogen (secondary N) is 1. The van der Waals surface area contributed by atoms with Crippen molar-refractivity contribution in [1.29, 1.82) is 0 Å². The first-order valence-electron chi connectivity index (χ1n) is 5.62. The van der Waals surface area contributed by atoms with Crippen LogP contribution in [0.3, 0.4) is 0 Å². The molecule has 1 aromatic carbocycles. The third kappa shape index (κ3) is 3.16. The van der Waals surface area contributed by atoms with E-state index >= 15 is 0 Å². The molecule has 0 spiro atoms. The predicted molar refractivity (Wildman–Crippen MR) is 80.1 cm³/mol. The summed E-state index contributed by atoms with van der Waals surface area (Å²) in [6.45, 7) is 6.18. The molecule has 1 unspecified atom stereocenters. The first-order valence-corrected chi connectivity index (χ1v) is 7.19. The lowest BCUT2D eigenvalue weighted by Gasteiger charge is -2.14. The fraction of sp³-hybridized carbons (Fsp3) is 0.308. The zero-order chi connectivity index (χ0) is 13.3. The Morgan fingerprint density at radius 3 is 2.28 bits per heavy atom. The van der Waals surface area contributed by atoms with Crippen LogP contribution in [-0.4, -0.2) is 4.98 Å². The number of aryl methyl sites for hydroxylation is 2. The summed E-state index contributed by atoms with van der Waals surface area (Å²) in [5.74, 6) is 0. The van der Waals surface area contributed by atoms with Gasteiger partial charge in [-0.1, -0.05) is 23.2 Å². The fourth-order valence-corrected chi connectivity index (χ4v) is 3.34. The molecule has 1 atom stereocenters. The van der Waals surface area contributed by atoms with Crippen molar-refractivity contribution >= 4 is 40.2 Å². The van der Waals surface area contributed by atoms with Crippen molar-refractivity contribution in [2.24, 2.45) is 0 Å². The van der Waals surface area contributed by atoms with Crippen LogP contribution in [0.1, 0.15) is 28.5 Å². The minimum absolute atomic E-state index is 0.129. The maximum atomic E-state index is 5.98. The van der Waals surface area contributed by atoms with Crippen LogP contribution in [0.2, 0.25) is 10.0 Å². The summed E-state index contributed by atoms with van der Waals surface area (Å²) in [4.78, 5) is 5.78. The summed E-state index contributed by atoms with van der Waals surface area (Å²) >= 11 is 13.7. The molecule has 2 aromatic rings. The lowest BCUT2D eigenvalue weighted by atomic mass is 10.2. The van der Waals surface area contributed by atoms with Gasteiger partial charge in [0, 0.05) is 20.6 Å². The standard InChI is InChI=1S/C13H14Cl2N2S/c1-7(13-8(2)18-9(3)17-13)16-12-5-10(14)4-11(15)6-12/h4-7,16H,1-3H3. The number of benzene rings is 1. The minimum atomic E-state index is 0.129. The van der Waals surface area contributed by atoms with Gasteiger partial charge in [0.25, 0.3) is 0 Å². The second kappa shape index (κ2) is 5.47. The molecule has 0 fully saturated rings. The van der Waals surface area contributed by atoms with Crippen LogP contribution >= 0.6 is 34.5 Å². The van der Waals surface area contributed by atoms with E-state index in [0.717, 1.165) is 16.4 Å². The Balaban J connectivity index is 2.20. The summed E-state index contributed by atoms with van der Waals surface area (Å²) in [6, 6.07) is 5.57. The Bertz CT molecular complexity index is 546. The van der Waals surface area contributed by atoms with Gasteiger partial charge < -0.3 is 5.32 Å². The van der Waals surface area contributed by atoms with E-state index < -0.39 is 0 Å². The molecule has 0 bridgehead atoms. The van der Waals surface area contributed by atoms with E-state index in [-0.39, 0.29) is 6.04 Å². The topological polar surface area (TPSA) is 24.9 Å². The Kier molecular flexibility index (Phi) is 4.15. The highest BCUT2D eigenvalue weighted by Gasteiger charge is 2.13. The molecular weight excluding hydrogens is 287 g/mol. The molecule has 1 N–H and O–H groups in total. The summed E-state index contributed by atoms with van der Waals surface area (Å²) in [7, 11) is 0. The third-order valence-corrected chi connectivity index (χ3v) is 3.93. The molecule has 18 heavy (non-hydrogen) atoms. The van der Waals surface area contributed by atoms with Gasteiger partial charge in [0.15, 0.2) is 0 Å². The molecule has 0 aliphatic carbocycles. The molecule has 2 nitrogen and oxygen atoms in total. The maximum Gasteiger partial charge on any atom is 0.0901 e. The van der Waals surface area contributed by atoms with Gasteiger partial charge >= 0.3 is 0 Å². The second-order valence-electron chi connectivity index (χ2n) is 4.20. The number of nitrogens with zero attached hydrogens (tertiary/aromatic N) is 1. The summed E-state index contributed by atoms with van der Waals surface area (Å²) in [6.07, 6.45) is 0. The van der Waals surface area contributed by atoms with E-state index in [1.54, 1.807) is 17.4 Å². The SMILES string of the molecule is Cc1nc(C(C)Nc2cc(Cl)cc(Cl)c2)c(C)s1. The van der Waals surface area contributed by atoms with Gasteiger partial charge in [-0.05, 0) is 39.0 Å². The smallest absolute Gasteiger partial charge is 0.0901 e. The summed E-state index contributed by atoms with van der Waals surface area (Å²) < 4.78 is 0. The van der Waals surface area contributed by atoms with E-state index in [9.17, 15) is 0 Å². The summed E-state index contributed by atoms with van der Waals surface area (Å²) in [5.41, 5.74) is 1.98. The highest BCUT2D eigenvalue weighted by molar-refractivity contribution is 7.11. The van der Waals surface area contributed by atoms with Crippen molar-refractivity contribution in [3.63, 3.8) is 0 Å². The Hall–Kier alpha value is -0.770. The van der Waals surface area contributed by atoms with E-state index in [1.165, 1.54) is 4.88 Å². The van der Waals surface area contributed by atoms with Crippen molar-refractivity contribution < 1.29 is 0 Å². The molecule has 0 radical (unpaired) electrons. The van der Waals surface area contributed by atoms with Crippen LogP contribution in [0.25, 0.3) is 0 Å². The van der Waals surface area contributed by atoms with Gasteiger partial charge in [-0.2, -0.15) is 0 Å². The summed E-state index contributed by atoms with van der Waals surface area (Å²) in [5, 5.41) is 5.71. The predicted octanol–water partition coefficient (Wildman–Crippen LogP) is 5.24. The maximum absolute atomic E-state index is 5.98. The molecule has 0 aliphatic heterocycles. The van der Waals surface area contributed by atoms with Crippen molar-refractivity contribution in [1.82, 2.24) is 4.98 Å². The van der Waals surface area contributed by atoms with Crippen LogP contribution in [0.4, 0.5) is 5.69 Å². The Labute approximate surface area is 121 Å². The molecule has 5 heteroatoms. The average Bonchev–Trinajstić information content (AvgIpc) is 2.56. The molecule has 0 saturated heterocycles. The second-order valence-corrected chi connectivity index (χ2v) is 6.48. The van der Waals surface area contributed by atoms with Crippen LogP contribution in [0, 0.1) is 13.8 Å². The Morgan fingerprint density at radius 1 is 1.17 bits per heavy atom. The molecule has 0 aliphatic rings. The zero-order valence-corrected chi connectivity index (χ0v) is 12.7. The van der Waals surface area contributed by atoms with E-state index in [1.807, 2.05) is 19.1 Å². The number of halogens is 2. The van der Waals surface area contributed by atoms with Crippen LogP contribution < -0.4 is 5.32 Å². The van der Waals surface area contributed by atoms with Crippen LogP contribution in [0.5, 0.6) is 0 Å². The molecular formula is C13H14Cl2N2S. The van der Waals surface area contributed by atoms with Gasteiger partial charge in [-0.15, -0.1) is 11.3 Å². The number of hydrogen-bond donors (Lipinski definition) is 1. The molecule has 0 saturated carbocycles. The highest BCUT2D eigenvalue weighted by atomic mass is 35.5. The fourth-order valence-electron chi connectivity index (χ4n) is 1.90. The quantitative estimate of drug-likeness (QED) is 0.838. The molecule has 96 valence electrons. The van der Waals surface area contributed by atoms with Crippen molar-refractivity contribution in [2.45, 2.75) is 26.8 Å². The largest absolute Gasteiger partial charge is 0.377 e. The average molecular weight is 301 g/mol. The molecule has 1 aromatic heterocycles. The van der Waals surface area contributed by atoms with Crippen LogP contribution in [-0.2, 0) is 0 Å². The molecule has 0 amide bonds. The van der Waals surface area contributed by atoms with Gasteiger partial charge in [0.2, 0.25) is 0 Å². The van der Waals surface area contributed by atoms with Gasteiger partial charge in [0.1, 0.15) is 0 Å². The van der Waals surface area contributed by atoms with Gasteiger partial charge in [-0.3, -0.25) is 0 Å². The van der Waals surface area contributed by atoms with Crippen molar-refractivity contribution in [3.8, 4) is 0 Å². The number of anilines is 1. The zero-order valence-electron chi connectivity index (χ0n) is 10.4. The first-order chi connectivity index (χ1) is 8.45. The monoisotopic (exact) mass is 300 g/mol. The minimum Gasteiger partial charge on any atom is -0.377 e. The van der Waals surface area contributed by atoms with Gasteiger partial charge in [-0.25, -0.2) is 4.98 Å². The lowest BCUT2D eigenvalue weighted by molar-refractivity contribution is 0.837.